The summed E-state index contributed by atoms with van der Waals surface area (Å²) >= 11 is 0. The van der Waals surface area contributed by atoms with E-state index in [4.69, 9.17) is 5.73 Å². The Kier molecular flexibility index (Phi) is 2.75. The lowest BCUT2D eigenvalue weighted by Crippen LogP contribution is -2.39. The third-order valence-electron chi connectivity index (χ3n) is 2.81. The van der Waals surface area contributed by atoms with Crippen molar-refractivity contribution in [3.8, 4) is 0 Å². The van der Waals surface area contributed by atoms with Crippen molar-refractivity contribution >= 4 is 11.6 Å². The minimum atomic E-state index is 0.622. The molecule has 0 aromatic carbocycles. The van der Waals surface area contributed by atoms with Gasteiger partial charge in [0.25, 0.3) is 0 Å². The first-order chi connectivity index (χ1) is 7.15. The molecule has 2 unspecified atom stereocenters. The van der Waals surface area contributed by atoms with Gasteiger partial charge in [-0.15, -0.1) is 0 Å². The monoisotopic (exact) mass is 206 g/mol. The number of nitrogens with zero attached hydrogens (tertiary/aromatic N) is 3. The van der Waals surface area contributed by atoms with Gasteiger partial charge in [0.1, 0.15) is 0 Å². The Morgan fingerprint density at radius 2 is 1.73 bits per heavy atom. The van der Waals surface area contributed by atoms with E-state index in [-0.39, 0.29) is 0 Å². The third-order valence-corrected chi connectivity index (χ3v) is 2.81. The molecule has 0 amide bonds. The second kappa shape index (κ2) is 4.04. The fraction of sp³-hybridized carbons (Fsp3) is 0.636. The van der Waals surface area contributed by atoms with Crippen LogP contribution in [-0.4, -0.2) is 23.1 Å². The molecule has 1 saturated heterocycles. The number of hydrogen-bond donors (Lipinski definition) is 1. The lowest BCUT2D eigenvalue weighted by molar-refractivity contribution is 0.353. The first-order valence-electron chi connectivity index (χ1n) is 5.47. The molecule has 1 aliphatic rings. The van der Waals surface area contributed by atoms with Crippen molar-refractivity contribution in [2.24, 2.45) is 11.8 Å². The van der Waals surface area contributed by atoms with Crippen LogP contribution in [0.1, 0.15) is 20.3 Å². The van der Waals surface area contributed by atoms with Crippen molar-refractivity contribution in [2.75, 3.05) is 23.7 Å². The van der Waals surface area contributed by atoms with Crippen molar-refractivity contribution < 1.29 is 0 Å². The van der Waals surface area contributed by atoms with Crippen LogP contribution in [-0.2, 0) is 0 Å². The Morgan fingerprint density at radius 1 is 1.20 bits per heavy atom. The average Bonchev–Trinajstić information content (AvgIpc) is 2.17. The van der Waals surface area contributed by atoms with Gasteiger partial charge in [0.15, 0.2) is 0 Å². The standard InChI is InChI=1S/C11H18N4/c1-8-3-9(2)7-15(6-8)11-13-4-10(12)5-14-11/h4-5,8-9H,3,6-7,12H2,1-2H3. The number of anilines is 2. The molecular weight excluding hydrogens is 188 g/mol. The minimum absolute atomic E-state index is 0.622. The molecule has 1 aromatic heterocycles. The predicted molar refractivity (Wildman–Crippen MR) is 61.6 cm³/mol. The summed E-state index contributed by atoms with van der Waals surface area (Å²) in [5.41, 5.74) is 6.19. The maximum absolute atomic E-state index is 5.57. The van der Waals surface area contributed by atoms with Gasteiger partial charge in [-0.25, -0.2) is 9.97 Å². The molecule has 4 nitrogen and oxygen atoms in total. The summed E-state index contributed by atoms with van der Waals surface area (Å²) in [6.07, 6.45) is 4.64. The lowest BCUT2D eigenvalue weighted by Gasteiger charge is -2.34. The van der Waals surface area contributed by atoms with E-state index in [0.717, 1.165) is 30.9 Å². The number of piperidine rings is 1. The van der Waals surface area contributed by atoms with Crippen molar-refractivity contribution in [1.82, 2.24) is 9.97 Å². The number of aromatic nitrogens is 2. The third kappa shape index (κ3) is 2.37. The fourth-order valence-electron chi connectivity index (χ4n) is 2.32. The summed E-state index contributed by atoms with van der Waals surface area (Å²) in [6, 6.07) is 0. The summed E-state index contributed by atoms with van der Waals surface area (Å²) in [5.74, 6) is 2.24. The van der Waals surface area contributed by atoms with Gasteiger partial charge in [-0.05, 0) is 18.3 Å². The van der Waals surface area contributed by atoms with Crippen LogP contribution in [0.4, 0.5) is 11.6 Å². The van der Waals surface area contributed by atoms with Crippen molar-refractivity contribution in [2.45, 2.75) is 20.3 Å². The topological polar surface area (TPSA) is 55.0 Å². The first kappa shape index (κ1) is 10.2. The van der Waals surface area contributed by atoms with Crippen LogP contribution in [0.15, 0.2) is 12.4 Å². The van der Waals surface area contributed by atoms with Crippen LogP contribution >= 0.6 is 0 Å². The fourth-order valence-corrected chi connectivity index (χ4v) is 2.32. The highest BCUT2D eigenvalue weighted by molar-refractivity contribution is 5.38. The zero-order chi connectivity index (χ0) is 10.8. The summed E-state index contributed by atoms with van der Waals surface area (Å²) in [6.45, 7) is 6.66. The van der Waals surface area contributed by atoms with Gasteiger partial charge >= 0.3 is 0 Å². The molecule has 0 radical (unpaired) electrons. The van der Waals surface area contributed by atoms with Crippen LogP contribution in [0.2, 0.25) is 0 Å². The maximum Gasteiger partial charge on any atom is 0.225 e. The molecule has 2 atom stereocenters. The van der Waals surface area contributed by atoms with E-state index in [9.17, 15) is 0 Å². The van der Waals surface area contributed by atoms with E-state index < -0.39 is 0 Å². The molecule has 82 valence electrons. The molecule has 15 heavy (non-hydrogen) atoms. The Hall–Kier alpha value is -1.32. The normalized spacial score (nSPS) is 26.7. The average molecular weight is 206 g/mol. The van der Waals surface area contributed by atoms with Gasteiger partial charge in [-0.3, -0.25) is 0 Å². The van der Waals surface area contributed by atoms with E-state index in [1.54, 1.807) is 12.4 Å². The van der Waals surface area contributed by atoms with Crippen molar-refractivity contribution in [3.63, 3.8) is 0 Å². The van der Waals surface area contributed by atoms with Crippen LogP contribution in [0.25, 0.3) is 0 Å². The molecule has 0 aliphatic carbocycles. The van der Waals surface area contributed by atoms with Gasteiger partial charge in [0.05, 0.1) is 18.1 Å². The van der Waals surface area contributed by atoms with Crippen LogP contribution in [0, 0.1) is 11.8 Å². The summed E-state index contributed by atoms with van der Waals surface area (Å²) < 4.78 is 0. The highest BCUT2D eigenvalue weighted by Gasteiger charge is 2.23. The minimum Gasteiger partial charge on any atom is -0.396 e. The second-order valence-corrected chi connectivity index (χ2v) is 4.67. The molecule has 0 spiro atoms. The summed E-state index contributed by atoms with van der Waals surface area (Å²) in [5, 5.41) is 0. The van der Waals surface area contributed by atoms with Crippen LogP contribution in [0.5, 0.6) is 0 Å². The van der Waals surface area contributed by atoms with E-state index in [1.807, 2.05) is 0 Å². The van der Waals surface area contributed by atoms with Gasteiger partial charge in [0.2, 0.25) is 5.95 Å². The van der Waals surface area contributed by atoms with E-state index in [0.29, 0.717) is 5.69 Å². The molecule has 0 saturated carbocycles. The molecule has 4 heteroatoms. The van der Waals surface area contributed by atoms with Crippen molar-refractivity contribution in [3.05, 3.63) is 12.4 Å². The van der Waals surface area contributed by atoms with Gasteiger partial charge < -0.3 is 10.6 Å². The largest absolute Gasteiger partial charge is 0.396 e. The molecule has 0 bridgehead atoms. The first-order valence-corrected chi connectivity index (χ1v) is 5.47. The van der Waals surface area contributed by atoms with Crippen LogP contribution in [0.3, 0.4) is 0 Å². The second-order valence-electron chi connectivity index (χ2n) is 4.67. The number of nitrogens with two attached hydrogens (primary N) is 1. The molecule has 1 aromatic rings. The highest BCUT2D eigenvalue weighted by atomic mass is 15.3. The molecule has 1 aliphatic heterocycles. The van der Waals surface area contributed by atoms with Crippen LogP contribution < -0.4 is 10.6 Å². The molecule has 2 heterocycles. The highest BCUT2D eigenvalue weighted by Crippen LogP contribution is 2.23. The lowest BCUT2D eigenvalue weighted by atomic mass is 9.92. The Balaban J connectivity index is 2.12. The van der Waals surface area contributed by atoms with Gasteiger partial charge in [-0.2, -0.15) is 0 Å². The molecule has 1 fully saturated rings. The van der Waals surface area contributed by atoms with E-state index >= 15 is 0 Å². The summed E-state index contributed by atoms with van der Waals surface area (Å²) in [7, 11) is 0. The summed E-state index contributed by atoms with van der Waals surface area (Å²) in [4.78, 5) is 10.8. The SMILES string of the molecule is CC1CC(C)CN(c2ncc(N)cn2)C1. The quantitative estimate of drug-likeness (QED) is 0.757. The zero-order valence-corrected chi connectivity index (χ0v) is 9.35. The van der Waals surface area contributed by atoms with Gasteiger partial charge in [0, 0.05) is 13.1 Å². The van der Waals surface area contributed by atoms with Crippen molar-refractivity contribution in [1.29, 1.82) is 0 Å². The van der Waals surface area contributed by atoms with E-state index in [1.165, 1.54) is 6.42 Å². The Labute approximate surface area is 90.5 Å². The number of hydrogen-bond acceptors (Lipinski definition) is 4. The van der Waals surface area contributed by atoms with Gasteiger partial charge in [-0.1, -0.05) is 13.8 Å². The maximum atomic E-state index is 5.57. The zero-order valence-electron chi connectivity index (χ0n) is 9.35. The predicted octanol–water partition coefficient (Wildman–Crippen LogP) is 1.54. The molecular formula is C11H18N4. The smallest absolute Gasteiger partial charge is 0.225 e. The molecule has 2 rings (SSSR count). The van der Waals surface area contributed by atoms with E-state index in [2.05, 4.69) is 28.7 Å². The Bertz CT molecular complexity index is 312. The molecule has 2 N–H and O–H groups in total. The number of nitrogen functional groups attached to an aromatic ring is 1. The Morgan fingerprint density at radius 3 is 2.27 bits per heavy atom. The number of rotatable bonds is 1.